The molecule has 1 unspecified atom stereocenters. The number of halogens is 1. The van der Waals surface area contributed by atoms with E-state index in [1.807, 2.05) is 11.3 Å². The molecule has 0 amide bonds. The monoisotopic (exact) mass is 559 g/mol. The Hall–Kier alpha value is -3.51. The molecule has 39 heavy (non-hydrogen) atoms. The first-order chi connectivity index (χ1) is 19.2. The van der Waals surface area contributed by atoms with Crippen LogP contribution in [0.15, 0.2) is 60.7 Å². The van der Waals surface area contributed by atoms with Gasteiger partial charge in [0.05, 0.1) is 16.4 Å². The fourth-order valence-electron chi connectivity index (χ4n) is 6.74. The second-order valence-electron chi connectivity index (χ2n) is 10.7. The summed E-state index contributed by atoms with van der Waals surface area (Å²) in [6.45, 7) is 2.32. The average Bonchev–Trinajstić information content (AvgIpc) is 3.62. The predicted molar refractivity (Wildman–Crippen MR) is 169 cm³/mol. The number of hydrogen-bond acceptors (Lipinski definition) is 4. The maximum atomic E-state index is 6.67. The van der Waals surface area contributed by atoms with Crippen LogP contribution < -0.4 is 0 Å². The summed E-state index contributed by atoms with van der Waals surface area (Å²) >= 11 is 10.4. The Morgan fingerprint density at radius 1 is 0.897 bits per heavy atom. The van der Waals surface area contributed by atoms with Crippen molar-refractivity contribution in [2.24, 2.45) is 5.92 Å². The summed E-state index contributed by atoms with van der Waals surface area (Å²) in [4.78, 5) is 12.0. The lowest BCUT2D eigenvalue weighted by Gasteiger charge is -2.20. The van der Waals surface area contributed by atoms with Crippen LogP contribution in [-0.2, 0) is 12.8 Å². The Balaban J connectivity index is 1.57. The number of aromatic nitrogens is 3. The lowest BCUT2D eigenvalue weighted by atomic mass is 9.87. The topological polar surface area (TPSA) is 30.7 Å². The number of thiophene rings is 2. The maximum absolute atomic E-state index is 6.67. The van der Waals surface area contributed by atoms with Crippen LogP contribution in [0.1, 0.15) is 34.9 Å². The van der Waals surface area contributed by atoms with Crippen molar-refractivity contribution in [3.63, 3.8) is 0 Å². The normalized spacial score (nSPS) is 16.7. The fraction of sp³-hybridized carbons (Fsp3) is 0.152. The quantitative estimate of drug-likeness (QED) is 0.187. The molecule has 188 valence electrons. The molecule has 6 heteroatoms. The third kappa shape index (κ3) is 2.98. The van der Waals surface area contributed by atoms with Gasteiger partial charge in [-0.2, -0.15) is 4.98 Å². The number of rotatable bonds is 1. The first-order valence-electron chi connectivity index (χ1n) is 13.4. The van der Waals surface area contributed by atoms with Crippen LogP contribution in [0.25, 0.3) is 70.2 Å². The van der Waals surface area contributed by atoms with Gasteiger partial charge in [0.25, 0.3) is 0 Å². The molecule has 0 saturated carbocycles. The van der Waals surface area contributed by atoms with E-state index in [9.17, 15) is 0 Å². The SMILES string of the molecule is CC1C=Cc2c(c3sc4ccccc4c3c3c4ccccc4n(-c4nc(Cl)nc5sc6c(c45)C=CCC6)c23)C1. The molecule has 0 radical (unpaired) electrons. The van der Waals surface area contributed by atoms with Crippen LogP contribution in [0, 0.1) is 5.92 Å². The van der Waals surface area contributed by atoms with Crippen LogP contribution in [-0.4, -0.2) is 14.5 Å². The number of aryl methyl sites for hydroxylation is 1. The smallest absolute Gasteiger partial charge is 0.225 e. The molecule has 2 aliphatic rings. The predicted octanol–water partition coefficient (Wildman–Crippen LogP) is 9.97. The van der Waals surface area contributed by atoms with Gasteiger partial charge in [-0.15, -0.1) is 22.7 Å². The van der Waals surface area contributed by atoms with Gasteiger partial charge in [0.1, 0.15) is 4.83 Å². The zero-order valence-electron chi connectivity index (χ0n) is 21.2. The molecule has 7 aromatic rings. The van der Waals surface area contributed by atoms with Crippen LogP contribution >= 0.6 is 34.3 Å². The molecule has 0 fully saturated rings. The largest absolute Gasteiger partial charge is 0.292 e. The van der Waals surface area contributed by atoms with E-state index in [-0.39, 0.29) is 0 Å². The second-order valence-corrected chi connectivity index (χ2v) is 13.2. The van der Waals surface area contributed by atoms with Gasteiger partial charge < -0.3 is 0 Å². The molecule has 0 aliphatic heterocycles. The lowest BCUT2D eigenvalue weighted by molar-refractivity contribution is 0.722. The molecule has 2 aliphatic carbocycles. The van der Waals surface area contributed by atoms with Crippen LogP contribution in [0.5, 0.6) is 0 Å². The van der Waals surface area contributed by atoms with E-state index in [0.717, 1.165) is 40.8 Å². The summed E-state index contributed by atoms with van der Waals surface area (Å²) in [5.74, 6) is 1.38. The minimum Gasteiger partial charge on any atom is -0.292 e. The van der Waals surface area contributed by atoms with E-state index < -0.39 is 0 Å². The van der Waals surface area contributed by atoms with Gasteiger partial charge in [-0.25, -0.2) is 4.98 Å². The Morgan fingerprint density at radius 3 is 2.67 bits per heavy atom. The van der Waals surface area contributed by atoms with E-state index in [0.29, 0.717) is 11.2 Å². The molecule has 4 heterocycles. The van der Waals surface area contributed by atoms with Gasteiger partial charge in [0.2, 0.25) is 5.28 Å². The number of fused-ring (bicyclic) bond motifs is 13. The van der Waals surface area contributed by atoms with E-state index in [4.69, 9.17) is 21.6 Å². The van der Waals surface area contributed by atoms with Crippen molar-refractivity contribution in [2.45, 2.75) is 26.2 Å². The Bertz CT molecular complexity index is 2240. The van der Waals surface area contributed by atoms with Gasteiger partial charge in [0, 0.05) is 46.9 Å². The molecule has 4 aromatic heterocycles. The van der Waals surface area contributed by atoms with Crippen molar-refractivity contribution in [3.05, 3.63) is 87.5 Å². The molecule has 0 bridgehead atoms. The highest BCUT2D eigenvalue weighted by atomic mass is 35.5. The zero-order valence-corrected chi connectivity index (χ0v) is 23.6. The summed E-state index contributed by atoms with van der Waals surface area (Å²) in [5.41, 5.74) is 6.38. The highest BCUT2D eigenvalue weighted by Gasteiger charge is 2.28. The molecular formula is C33H22ClN3S2. The zero-order chi connectivity index (χ0) is 25.8. The van der Waals surface area contributed by atoms with Gasteiger partial charge >= 0.3 is 0 Å². The summed E-state index contributed by atoms with van der Waals surface area (Å²) in [7, 11) is 0. The summed E-state index contributed by atoms with van der Waals surface area (Å²) in [6, 6.07) is 17.7. The fourth-order valence-corrected chi connectivity index (χ4v) is 9.40. The molecule has 0 spiro atoms. The highest BCUT2D eigenvalue weighted by Crippen LogP contribution is 2.49. The number of allylic oxidation sites excluding steroid dienone is 2. The van der Waals surface area contributed by atoms with Crippen molar-refractivity contribution in [1.29, 1.82) is 0 Å². The summed E-state index contributed by atoms with van der Waals surface area (Å²) in [6.07, 6.45) is 12.4. The first-order valence-corrected chi connectivity index (χ1v) is 15.4. The average molecular weight is 560 g/mol. The Labute approximate surface area is 237 Å². The summed E-state index contributed by atoms with van der Waals surface area (Å²) in [5, 5.41) is 6.65. The van der Waals surface area contributed by atoms with Crippen molar-refractivity contribution < 1.29 is 0 Å². The maximum Gasteiger partial charge on any atom is 0.225 e. The van der Waals surface area contributed by atoms with Crippen molar-refractivity contribution in [3.8, 4) is 5.82 Å². The number of benzene rings is 3. The third-order valence-electron chi connectivity index (χ3n) is 8.35. The van der Waals surface area contributed by atoms with Crippen molar-refractivity contribution >= 4 is 98.6 Å². The number of para-hydroxylation sites is 1. The van der Waals surface area contributed by atoms with Crippen molar-refractivity contribution in [2.75, 3.05) is 0 Å². The van der Waals surface area contributed by atoms with E-state index >= 15 is 0 Å². The molecule has 9 rings (SSSR count). The summed E-state index contributed by atoms with van der Waals surface area (Å²) < 4.78 is 5.14. The number of hydrogen-bond donors (Lipinski definition) is 0. The van der Waals surface area contributed by atoms with E-state index in [1.165, 1.54) is 58.0 Å². The molecule has 3 aromatic carbocycles. The molecular weight excluding hydrogens is 538 g/mol. The van der Waals surface area contributed by atoms with Gasteiger partial charge in [-0.1, -0.05) is 67.6 Å². The van der Waals surface area contributed by atoms with Crippen LogP contribution in [0.3, 0.4) is 0 Å². The molecule has 0 N–H and O–H groups in total. The standard InChI is InChI=1S/C33H22ClN3S2/c1-17-14-15-18-22(16-17)30-27(20-9-3-6-12-24(20)38-30)26-19-8-2-5-11-23(19)37(29(18)26)31-28-21-10-4-7-13-25(21)39-32(28)36-33(34)35-31/h2-6,8-12,14-15,17H,7,13,16H2,1H3. The van der Waals surface area contributed by atoms with Gasteiger partial charge in [-0.05, 0) is 54.5 Å². The van der Waals surface area contributed by atoms with Crippen LogP contribution in [0.2, 0.25) is 5.28 Å². The molecule has 0 saturated heterocycles. The second kappa shape index (κ2) is 8.01. The highest BCUT2D eigenvalue weighted by molar-refractivity contribution is 7.26. The third-order valence-corrected chi connectivity index (χ3v) is 10.9. The van der Waals surface area contributed by atoms with Gasteiger partial charge in [-0.3, -0.25) is 4.57 Å². The Kier molecular flexibility index (Phi) is 4.58. The minimum atomic E-state index is 0.297. The van der Waals surface area contributed by atoms with Gasteiger partial charge in [0.15, 0.2) is 5.82 Å². The first kappa shape index (κ1) is 22.3. The van der Waals surface area contributed by atoms with E-state index in [2.05, 4.69) is 84.3 Å². The molecule has 1 atom stereocenters. The van der Waals surface area contributed by atoms with E-state index in [1.54, 1.807) is 11.3 Å². The van der Waals surface area contributed by atoms with Crippen LogP contribution in [0.4, 0.5) is 0 Å². The Morgan fingerprint density at radius 2 is 1.74 bits per heavy atom. The van der Waals surface area contributed by atoms with Crippen molar-refractivity contribution in [1.82, 2.24) is 14.5 Å². The minimum absolute atomic E-state index is 0.297. The number of nitrogens with zero attached hydrogens (tertiary/aromatic N) is 3. The lowest BCUT2D eigenvalue weighted by Crippen LogP contribution is -2.07. The molecule has 3 nitrogen and oxygen atoms in total.